The fourth-order valence-corrected chi connectivity index (χ4v) is 3.89. The molecule has 2 fully saturated rings. The molecular weight excluding hydrogens is 328 g/mol. The lowest BCUT2D eigenvalue weighted by atomic mass is 9.93. The van der Waals surface area contributed by atoms with E-state index in [1.54, 1.807) is 7.11 Å². The first kappa shape index (κ1) is 19.0. The number of carbonyl (C=O) groups excluding carboxylic acids is 1. The minimum Gasteiger partial charge on any atom is -0.497 e. The lowest BCUT2D eigenvalue weighted by Gasteiger charge is -2.22. The summed E-state index contributed by atoms with van der Waals surface area (Å²) in [7, 11) is 1.66. The Morgan fingerprint density at radius 3 is 2.69 bits per heavy atom. The van der Waals surface area contributed by atoms with Crippen LogP contribution in [0.1, 0.15) is 56.9 Å². The summed E-state index contributed by atoms with van der Waals surface area (Å²) < 4.78 is 11.5. The quantitative estimate of drug-likeness (QED) is 0.746. The Hall–Kier alpha value is -1.75. The number of benzene rings is 1. The number of carbonyl (C=O) groups is 1. The monoisotopic (exact) mass is 360 g/mol. The number of piperidine rings is 1. The molecule has 1 heterocycles. The average Bonchev–Trinajstić information content (AvgIpc) is 3.19. The molecule has 0 bridgehead atoms. The molecule has 0 atom stereocenters. The second-order valence-electron chi connectivity index (χ2n) is 7.51. The maximum absolute atomic E-state index is 12.2. The molecule has 1 aliphatic carbocycles. The first-order valence-electron chi connectivity index (χ1n) is 10.1. The van der Waals surface area contributed by atoms with Crippen LogP contribution in [0.5, 0.6) is 11.5 Å². The number of amides is 1. The molecular formula is C21H32N2O3. The van der Waals surface area contributed by atoms with Gasteiger partial charge in [0.15, 0.2) is 0 Å². The lowest BCUT2D eigenvalue weighted by Crippen LogP contribution is -2.29. The van der Waals surface area contributed by atoms with Crippen molar-refractivity contribution in [3.8, 4) is 11.5 Å². The third-order valence-corrected chi connectivity index (χ3v) is 5.58. The van der Waals surface area contributed by atoms with Gasteiger partial charge >= 0.3 is 0 Å². The molecule has 1 saturated carbocycles. The first-order valence-corrected chi connectivity index (χ1v) is 10.1. The highest BCUT2D eigenvalue weighted by Crippen LogP contribution is 2.30. The normalized spacial score (nSPS) is 18.7. The van der Waals surface area contributed by atoms with Gasteiger partial charge in [-0.05, 0) is 76.1 Å². The van der Waals surface area contributed by atoms with Crippen molar-refractivity contribution in [3.63, 3.8) is 0 Å². The average molecular weight is 360 g/mol. The van der Waals surface area contributed by atoms with Crippen LogP contribution in [0.15, 0.2) is 18.2 Å². The van der Waals surface area contributed by atoms with E-state index in [-0.39, 0.29) is 12.0 Å². The van der Waals surface area contributed by atoms with Crippen molar-refractivity contribution in [2.45, 2.75) is 64.0 Å². The molecule has 0 spiro atoms. The van der Waals surface area contributed by atoms with Gasteiger partial charge in [-0.1, -0.05) is 0 Å². The van der Waals surface area contributed by atoms with Gasteiger partial charge in [-0.3, -0.25) is 4.79 Å². The van der Waals surface area contributed by atoms with Crippen molar-refractivity contribution in [1.29, 1.82) is 0 Å². The van der Waals surface area contributed by atoms with Crippen molar-refractivity contribution in [1.82, 2.24) is 10.6 Å². The molecule has 1 aromatic rings. The van der Waals surface area contributed by atoms with E-state index in [0.717, 1.165) is 49.4 Å². The summed E-state index contributed by atoms with van der Waals surface area (Å²) in [6.45, 7) is 2.68. The molecule has 26 heavy (non-hydrogen) atoms. The minimum absolute atomic E-state index is 0.131. The highest BCUT2D eigenvalue weighted by atomic mass is 16.5. The fourth-order valence-electron chi connectivity index (χ4n) is 3.89. The van der Waals surface area contributed by atoms with Gasteiger partial charge in [0.1, 0.15) is 11.5 Å². The van der Waals surface area contributed by atoms with Gasteiger partial charge in [0.25, 0.3) is 0 Å². The van der Waals surface area contributed by atoms with Crippen molar-refractivity contribution in [2.24, 2.45) is 5.92 Å². The van der Waals surface area contributed by atoms with E-state index < -0.39 is 0 Å². The Kier molecular flexibility index (Phi) is 7.18. The number of methoxy groups -OCH3 is 1. The highest BCUT2D eigenvalue weighted by Gasteiger charge is 2.19. The number of hydrogen-bond acceptors (Lipinski definition) is 4. The largest absolute Gasteiger partial charge is 0.497 e. The molecule has 2 aliphatic rings. The predicted molar refractivity (Wildman–Crippen MR) is 103 cm³/mol. The molecule has 1 aliphatic heterocycles. The zero-order valence-corrected chi connectivity index (χ0v) is 15.9. The smallest absolute Gasteiger partial charge is 0.220 e. The van der Waals surface area contributed by atoms with Crippen molar-refractivity contribution < 1.29 is 14.3 Å². The maximum Gasteiger partial charge on any atom is 0.220 e. The topological polar surface area (TPSA) is 59.6 Å². The number of rotatable bonds is 8. The molecule has 1 amide bonds. The third kappa shape index (κ3) is 5.63. The standard InChI is InChI=1S/C21H32N2O3/c1-25-19-8-7-17(20(14-19)26-18-4-2-3-5-18)15-23-21(24)9-6-16-10-12-22-13-11-16/h7-8,14,16,18,22H,2-6,9-13,15H2,1H3,(H,23,24). The number of nitrogens with one attached hydrogen (secondary N) is 2. The van der Waals surface area contributed by atoms with Gasteiger partial charge in [0.2, 0.25) is 5.91 Å². The summed E-state index contributed by atoms with van der Waals surface area (Å²) in [5, 5.41) is 6.44. The highest BCUT2D eigenvalue weighted by molar-refractivity contribution is 5.75. The van der Waals surface area contributed by atoms with Gasteiger partial charge in [0.05, 0.1) is 13.2 Å². The summed E-state index contributed by atoms with van der Waals surface area (Å²) in [6, 6.07) is 5.86. The lowest BCUT2D eigenvalue weighted by molar-refractivity contribution is -0.121. The maximum atomic E-state index is 12.2. The van der Waals surface area contributed by atoms with Gasteiger partial charge in [0, 0.05) is 24.6 Å². The molecule has 0 unspecified atom stereocenters. The van der Waals surface area contributed by atoms with Crippen LogP contribution in [-0.4, -0.2) is 32.2 Å². The van der Waals surface area contributed by atoms with E-state index in [9.17, 15) is 4.79 Å². The first-order chi connectivity index (χ1) is 12.7. The number of hydrogen-bond donors (Lipinski definition) is 2. The molecule has 5 heteroatoms. The second-order valence-corrected chi connectivity index (χ2v) is 7.51. The molecule has 3 rings (SSSR count). The van der Waals surface area contributed by atoms with Crippen LogP contribution in [0, 0.1) is 5.92 Å². The fraction of sp³-hybridized carbons (Fsp3) is 0.667. The van der Waals surface area contributed by atoms with E-state index in [2.05, 4.69) is 10.6 Å². The Morgan fingerprint density at radius 2 is 1.96 bits per heavy atom. The van der Waals surface area contributed by atoms with Gasteiger partial charge in [-0.15, -0.1) is 0 Å². The van der Waals surface area contributed by atoms with Crippen LogP contribution in [0.25, 0.3) is 0 Å². The Bertz CT molecular complexity index is 579. The van der Waals surface area contributed by atoms with Crippen LogP contribution in [0.4, 0.5) is 0 Å². The Labute approximate surface area is 156 Å². The molecule has 2 N–H and O–H groups in total. The SMILES string of the molecule is COc1ccc(CNC(=O)CCC2CCNCC2)c(OC2CCCC2)c1. The van der Waals surface area contributed by atoms with Crippen molar-refractivity contribution in [3.05, 3.63) is 23.8 Å². The summed E-state index contributed by atoms with van der Waals surface area (Å²) in [5.74, 6) is 2.45. The number of ether oxygens (including phenoxy) is 2. The van der Waals surface area contributed by atoms with E-state index in [1.165, 1.54) is 25.7 Å². The van der Waals surface area contributed by atoms with Crippen LogP contribution in [0.2, 0.25) is 0 Å². The summed E-state index contributed by atoms with van der Waals surface area (Å²) in [4.78, 5) is 12.2. The van der Waals surface area contributed by atoms with E-state index in [1.807, 2.05) is 18.2 Å². The zero-order valence-electron chi connectivity index (χ0n) is 15.9. The summed E-state index contributed by atoms with van der Waals surface area (Å²) >= 11 is 0. The van der Waals surface area contributed by atoms with Crippen LogP contribution in [0.3, 0.4) is 0 Å². The van der Waals surface area contributed by atoms with Gasteiger partial charge in [-0.2, -0.15) is 0 Å². The summed E-state index contributed by atoms with van der Waals surface area (Å²) in [6.07, 6.45) is 8.95. The van der Waals surface area contributed by atoms with Crippen LogP contribution >= 0.6 is 0 Å². The molecule has 5 nitrogen and oxygen atoms in total. The van der Waals surface area contributed by atoms with Gasteiger partial charge in [-0.25, -0.2) is 0 Å². The Morgan fingerprint density at radius 1 is 1.19 bits per heavy atom. The van der Waals surface area contributed by atoms with Crippen molar-refractivity contribution in [2.75, 3.05) is 20.2 Å². The molecule has 0 aromatic heterocycles. The molecule has 0 radical (unpaired) electrons. The van der Waals surface area contributed by atoms with E-state index in [0.29, 0.717) is 18.9 Å². The minimum atomic E-state index is 0.131. The molecule has 1 aromatic carbocycles. The van der Waals surface area contributed by atoms with E-state index in [4.69, 9.17) is 9.47 Å². The zero-order chi connectivity index (χ0) is 18.2. The molecule has 1 saturated heterocycles. The summed E-state index contributed by atoms with van der Waals surface area (Å²) in [5.41, 5.74) is 1.02. The van der Waals surface area contributed by atoms with Crippen LogP contribution in [-0.2, 0) is 11.3 Å². The third-order valence-electron chi connectivity index (χ3n) is 5.58. The molecule has 144 valence electrons. The van der Waals surface area contributed by atoms with Crippen molar-refractivity contribution >= 4 is 5.91 Å². The Balaban J connectivity index is 1.51. The second kappa shape index (κ2) is 9.81. The van der Waals surface area contributed by atoms with Gasteiger partial charge < -0.3 is 20.1 Å². The van der Waals surface area contributed by atoms with Crippen LogP contribution < -0.4 is 20.1 Å². The predicted octanol–water partition coefficient (Wildman–Crippen LogP) is 3.41. The van der Waals surface area contributed by atoms with E-state index >= 15 is 0 Å².